The Hall–Kier alpha value is -2.96. The topological polar surface area (TPSA) is 95.6 Å². The van der Waals surface area contributed by atoms with Crippen molar-refractivity contribution in [3.63, 3.8) is 0 Å². The van der Waals surface area contributed by atoms with E-state index in [0.717, 1.165) is 12.8 Å². The first-order valence-corrected chi connectivity index (χ1v) is 9.74. The van der Waals surface area contributed by atoms with Crippen LogP contribution in [0.15, 0.2) is 36.4 Å². The number of likely N-dealkylation sites (tertiary alicyclic amines) is 1. The molecule has 2 N–H and O–H groups in total. The van der Waals surface area contributed by atoms with Crippen LogP contribution in [0, 0.1) is 11.8 Å². The summed E-state index contributed by atoms with van der Waals surface area (Å²) in [5, 5.41) is 5.65. The Morgan fingerprint density at radius 1 is 1.04 bits per heavy atom. The first kappa shape index (κ1) is 18.4. The van der Waals surface area contributed by atoms with Gasteiger partial charge in [-0.1, -0.05) is 18.2 Å². The quantitative estimate of drug-likeness (QED) is 0.581. The summed E-state index contributed by atoms with van der Waals surface area (Å²) in [6.45, 7) is 0.0817. The third-order valence-electron chi connectivity index (χ3n) is 5.48. The Morgan fingerprint density at radius 2 is 1.71 bits per heavy atom. The Balaban J connectivity index is 1.32. The Labute approximate surface area is 163 Å². The first-order chi connectivity index (χ1) is 13.5. The maximum absolute atomic E-state index is 12.4. The highest BCUT2D eigenvalue weighted by molar-refractivity contribution is 6.06. The van der Waals surface area contributed by atoms with Gasteiger partial charge in [0.2, 0.25) is 17.7 Å². The summed E-state index contributed by atoms with van der Waals surface area (Å²) in [6.07, 6.45) is 7.11. The van der Waals surface area contributed by atoms with Gasteiger partial charge in [0.25, 0.3) is 5.91 Å². The van der Waals surface area contributed by atoms with Crippen LogP contribution in [0.3, 0.4) is 0 Å². The molecule has 7 nitrogen and oxygen atoms in total. The lowest BCUT2D eigenvalue weighted by Gasteiger charge is -2.14. The van der Waals surface area contributed by atoms with Crippen LogP contribution in [0.2, 0.25) is 0 Å². The van der Waals surface area contributed by atoms with Crippen LogP contribution in [0.4, 0.5) is 5.69 Å². The van der Waals surface area contributed by atoms with Gasteiger partial charge in [-0.05, 0) is 43.9 Å². The van der Waals surface area contributed by atoms with Crippen LogP contribution in [-0.4, -0.2) is 41.1 Å². The number of amides is 4. The molecule has 4 rings (SSSR count). The smallest absolute Gasteiger partial charge is 0.251 e. The number of fused-ring (bicyclic) bond motifs is 1. The molecule has 4 amide bonds. The minimum Gasteiger partial charge on any atom is -0.349 e. The molecule has 2 fully saturated rings. The molecule has 1 aromatic rings. The van der Waals surface area contributed by atoms with Crippen molar-refractivity contribution in [2.75, 3.05) is 11.9 Å². The van der Waals surface area contributed by atoms with E-state index in [9.17, 15) is 19.2 Å². The van der Waals surface area contributed by atoms with E-state index in [2.05, 4.69) is 10.6 Å². The van der Waals surface area contributed by atoms with Crippen LogP contribution in [0.5, 0.6) is 0 Å². The van der Waals surface area contributed by atoms with Crippen LogP contribution in [0.25, 0.3) is 0 Å². The van der Waals surface area contributed by atoms with E-state index in [1.165, 1.54) is 4.90 Å². The van der Waals surface area contributed by atoms with Gasteiger partial charge in [0.05, 0.1) is 11.8 Å². The summed E-state index contributed by atoms with van der Waals surface area (Å²) in [4.78, 5) is 50.5. The maximum atomic E-state index is 12.4. The minimum atomic E-state index is -0.298. The average molecular weight is 381 g/mol. The molecule has 2 atom stereocenters. The van der Waals surface area contributed by atoms with Crippen molar-refractivity contribution in [2.45, 2.75) is 38.1 Å². The molecule has 28 heavy (non-hydrogen) atoms. The SMILES string of the molecule is O=C(CCN1C(=O)C2CC=CCC2C1=O)Nc1cccc(C(=O)NC2CC2)c1. The molecule has 0 bridgehead atoms. The number of nitrogens with zero attached hydrogens (tertiary/aromatic N) is 1. The molecular formula is C21H23N3O4. The van der Waals surface area contributed by atoms with Crippen molar-refractivity contribution in [3.8, 4) is 0 Å². The van der Waals surface area contributed by atoms with Crippen molar-refractivity contribution in [3.05, 3.63) is 42.0 Å². The summed E-state index contributed by atoms with van der Waals surface area (Å²) in [7, 11) is 0. The number of hydrogen-bond donors (Lipinski definition) is 2. The van der Waals surface area contributed by atoms with E-state index in [-0.39, 0.29) is 54.5 Å². The standard InChI is InChI=1S/C21H23N3O4/c25-18(10-11-24-20(27)16-6-1-2-7-17(16)21(24)28)22-15-5-3-4-13(12-15)19(26)23-14-8-9-14/h1-5,12,14,16-17H,6-11H2,(H,22,25)(H,23,26). The molecule has 7 heteroatoms. The fourth-order valence-electron chi connectivity index (χ4n) is 3.76. The highest BCUT2D eigenvalue weighted by Gasteiger charge is 2.46. The monoisotopic (exact) mass is 381 g/mol. The maximum Gasteiger partial charge on any atom is 0.251 e. The normalized spacial score (nSPS) is 23.5. The molecule has 146 valence electrons. The van der Waals surface area contributed by atoms with Crippen molar-refractivity contribution >= 4 is 29.3 Å². The molecule has 0 spiro atoms. The summed E-state index contributed by atoms with van der Waals surface area (Å²) in [5.74, 6) is -1.35. The van der Waals surface area contributed by atoms with Crippen molar-refractivity contribution < 1.29 is 19.2 Å². The highest BCUT2D eigenvalue weighted by Crippen LogP contribution is 2.35. The fourth-order valence-corrected chi connectivity index (χ4v) is 3.76. The third-order valence-corrected chi connectivity index (χ3v) is 5.48. The van der Waals surface area contributed by atoms with E-state index in [1.54, 1.807) is 24.3 Å². The van der Waals surface area contributed by atoms with Gasteiger partial charge in [-0.2, -0.15) is 0 Å². The number of imide groups is 1. The number of rotatable bonds is 6. The Kier molecular flexibility index (Phi) is 4.98. The van der Waals surface area contributed by atoms with Gasteiger partial charge < -0.3 is 10.6 Å². The second-order valence-corrected chi connectivity index (χ2v) is 7.61. The number of hydrogen-bond acceptors (Lipinski definition) is 4. The predicted octanol–water partition coefficient (Wildman–Crippen LogP) is 1.86. The number of carbonyl (C=O) groups is 4. The molecule has 2 unspecified atom stereocenters. The first-order valence-electron chi connectivity index (χ1n) is 9.74. The Bertz CT molecular complexity index is 833. The number of benzene rings is 1. The van der Waals surface area contributed by atoms with Crippen molar-refractivity contribution in [2.24, 2.45) is 11.8 Å². The number of anilines is 1. The molecular weight excluding hydrogens is 358 g/mol. The molecule has 2 aliphatic carbocycles. The molecule has 1 heterocycles. The second kappa shape index (κ2) is 7.58. The van der Waals surface area contributed by atoms with Gasteiger partial charge in [-0.15, -0.1) is 0 Å². The van der Waals surface area contributed by atoms with Crippen LogP contribution < -0.4 is 10.6 Å². The molecule has 1 saturated carbocycles. The Morgan fingerprint density at radius 3 is 2.36 bits per heavy atom. The number of allylic oxidation sites excluding steroid dienone is 2. The highest BCUT2D eigenvalue weighted by atomic mass is 16.2. The zero-order valence-electron chi connectivity index (χ0n) is 15.5. The molecule has 1 saturated heterocycles. The van der Waals surface area contributed by atoms with Gasteiger partial charge in [0, 0.05) is 30.3 Å². The number of nitrogens with one attached hydrogen (secondary N) is 2. The lowest BCUT2D eigenvalue weighted by atomic mass is 9.85. The molecule has 0 aromatic heterocycles. The fraction of sp³-hybridized carbons (Fsp3) is 0.429. The average Bonchev–Trinajstić information content (AvgIpc) is 3.48. The van der Waals surface area contributed by atoms with Gasteiger partial charge in [0.1, 0.15) is 0 Å². The summed E-state index contributed by atoms with van der Waals surface area (Å²) in [5.41, 5.74) is 1.01. The zero-order valence-corrected chi connectivity index (χ0v) is 15.5. The predicted molar refractivity (Wildman–Crippen MR) is 102 cm³/mol. The van der Waals surface area contributed by atoms with Gasteiger partial charge in [-0.25, -0.2) is 0 Å². The lowest BCUT2D eigenvalue weighted by Crippen LogP contribution is -2.34. The van der Waals surface area contributed by atoms with Crippen molar-refractivity contribution in [1.82, 2.24) is 10.2 Å². The minimum absolute atomic E-state index is 0.0306. The molecule has 1 aliphatic heterocycles. The van der Waals surface area contributed by atoms with Crippen LogP contribution in [0.1, 0.15) is 42.5 Å². The van der Waals surface area contributed by atoms with E-state index in [0.29, 0.717) is 24.1 Å². The number of carbonyl (C=O) groups excluding carboxylic acids is 4. The van der Waals surface area contributed by atoms with E-state index in [4.69, 9.17) is 0 Å². The zero-order chi connectivity index (χ0) is 19.7. The van der Waals surface area contributed by atoms with E-state index < -0.39 is 0 Å². The van der Waals surface area contributed by atoms with Crippen LogP contribution >= 0.6 is 0 Å². The molecule has 3 aliphatic rings. The summed E-state index contributed by atoms with van der Waals surface area (Å²) < 4.78 is 0. The molecule has 0 radical (unpaired) electrons. The van der Waals surface area contributed by atoms with Gasteiger partial charge >= 0.3 is 0 Å². The van der Waals surface area contributed by atoms with E-state index >= 15 is 0 Å². The summed E-state index contributed by atoms with van der Waals surface area (Å²) >= 11 is 0. The second-order valence-electron chi connectivity index (χ2n) is 7.61. The van der Waals surface area contributed by atoms with Gasteiger partial charge in [-0.3, -0.25) is 24.1 Å². The largest absolute Gasteiger partial charge is 0.349 e. The third kappa shape index (κ3) is 3.83. The molecule has 1 aromatic carbocycles. The van der Waals surface area contributed by atoms with Gasteiger partial charge in [0.15, 0.2) is 0 Å². The van der Waals surface area contributed by atoms with Crippen LogP contribution in [-0.2, 0) is 14.4 Å². The lowest BCUT2D eigenvalue weighted by molar-refractivity contribution is -0.140. The van der Waals surface area contributed by atoms with Crippen molar-refractivity contribution in [1.29, 1.82) is 0 Å². The van der Waals surface area contributed by atoms with E-state index in [1.807, 2.05) is 12.2 Å². The summed E-state index contributed by atoms with van der Waals surface area (Å²) in [6, 6.07) is 7.01.